The van der Waals surface area contributed by atoms with Crippen LogP contribution in [-0.4, -0.2) is 23.2 Å². The third-order valence-corrected chi connectivity index (χ3v) is 6.32. The van der Waals surface area contributed by atoms with E-state index < -0.39 is 0 Å². The maximum atomic E-state index is 12.8. The molecule has 2 aromatic rings. The summed E-state index contributed by atoms with van der Waals surface area (Å²) in [4.78, 5) is 26.9. The van der Waals surface area contributed by atoms with Crippen LogP contribution in [-0.2, 0) is 11.3 Å². The molecule has 7 heteroatoms. The van der Waals surface area contributed by atoms with E-state index >= 15 is 0 Å². The number of carbonyl (C=O) groups excluding carboxylic acids is 2. The number of amides is 2. The number of halogens is 2. The van der Waals surface area contributed by atoms with Crippen molar-refractivity contribution in [3.63, 3.8) is 0 Å². The number of ether oxygens (including phenoxy) is 1. The maximum Gasteiger partial charge on any atom is 0.293 e. The Balaban J connectivity index is 1.92. The lowest BCUT2D eigenvalue weighted by atomic mass is 10.1. The second-order valence-corrected chi connectivity index (χ2v) is 9.11. The lowest BCUT2D eigenvalue weighted by molar-refractivity contribution is -0.123. The minimum absolute atomic E-state index is 0.246. The van der Waals surface area contributed by atoms with E-state index in [1.54, 1.807) is 13.2 Å². The molecular weight excluding hydrogens is 576 g/mol. The van der Waals surface area contributed by atoms with Crippen LogP contribution in [0, 0.1) is 14.1 Å². The van der Waals surface area contributed by atoms with Crippen molar-refractivity contribution in [2.75, 3.05) is 7.11 Å². The van der Waals surface area contributed by atoms with Crippen LogP contribution in [0.25, 0.3) is 6.08 Å². The predicted molar refractivity (Wildman–Crippen MR) is 121 cm³/mol. The van der Waals surface area contributed by atoms with Crippen molar-refractivity contribution in [3.05, 3.63) is 65.1 Å². The number of rotatable bonds is 4. The highest BCUT2D eigenvalue weighted by molar-refractivity contribution is 14.1. The summed E-state index contributed by atoms with van der Waals surface area (Å²) in [5.41, 5.74) is 2.83. The first-order chi connectivity index (χ1) is 12.4. The van der Waals surface area contributed by atoms with Gasteiger partial charge >= 0.3 is 0 Å². The minimum Gasteiger partial charge on any atom is -0.495 e. The lowest BCUT2D eigenvalue weighted by Crippen LogP contribution is -2.27. The van der Waals surface area contributed by atoms with Crippen LogP contribution >= 0.6 is 56.9 Å². The molecule has 0 aromatic heterocycles. The fourth-order valence-electron chi connectivity index (χ4n) is 2.64. The Kier molecular flexibility index (Phi) is 6.29. The number of aryl methyl sites for hydroxylation is 1. The average Bonchev–Trinajstić information content (AvgIpc) is 2.84. The zero-order chi connectivity index (χ0) is 18.8. The summed E-state index contributed by atoms with van der Waals surface area (Å²) in [6.07, 6.45) is 1.74. The summed E-state index contributed by atoms with van der Waals surface area (Å²) in [6, 6.07) is 11.7. The fourth-order valence-corrected chi connectivity index (χ4v) is 5.58. The van der Waals surface area contributed by atoms with Crippen LogP contribution in [0.5, 0.6) is 5.75 Å². The zero-order valence-electron chi connectivity index (χ0n) is 14.1. The number of hydrogen-bond donors (Lipinski definition) is 0. The molecule has 0 saturated carbocycles. The van der Waals surface area contributed by atoms with Crippen LogP contribution in [0.4, 0.5) is 4.79 Å². The van der Waals surface area contributed by atoms with E-state index in [9.17, 15) is 9.59 Å². The fraction of sp³-hybridized carbons (Fsp3) is 0.158. The van der Waals surface area contributed by atoms with Gasteiger partial charge in [-0.25, -0.2) is 0 Å². The zero-order valence-corrected chi connectivity index (χ0v) is 19.2. The second kappa shape index (κ2) is 8.30. The molecule has 0 N–H and O–H groups in total. The summed E-state index contributed by atoms with van der Waals surface area (Å²) in [5.74, 6) is 0.441. The topological polar surface area (TPSA) is 46.6 Å². The van der Waals surface area contributed by atoms with Gasteiger partial charge in [0.1, 0.15) is 5.75 Å². The van der Waals surface area contributed by atoms with E-state index in [1.807, 2.05) is 43.3 Å². The summed E-state index contributed by atoms with van der Waals surface area (Å²) < 4.78 is 7.47. The van der Waals surface area contributed by atoms with Gasteiger partial charge in [0.15, 0.2) is 0 Å². The van der Waals surface area contributed by atoms with Crippen molar-refractivity contribution in [3.8, 4) is 5.75 Å². The van der Waals surface area contributed by atoms with Gasteiger partial charge in [0.2, 0.25) is 0 Å². The molecule has 1 fully saturated rings. The third kappa shape index (κ3) is 4.09. The van der Waals surface area contributed by atoms with Gasteiger partial charge in [-0.15, -0.1) is 0 Å². The van der Waals surface area contributed by atoms with Gasteiger partial charge in [-0.05, 0) is 93.2 Å². The Hall–Kier alpha value is -1.07. The van der Waals surface area contributed by atoms with E-state index in [0.29, 0.717) is 10.7 Å². The van der Waals surface area contributed by atoms with Crippen LogP contribution < -0.4 is 4.74 Å². The van der Waals surface area contributed by atoms with E-state index in [4.69, 9.17) is 4.74 Å². The Bertz CT molecular complexity index is 927. The predicted octanol–water partition coefficient (Wildman–Crippen LogP) is 5.45. The molecule has 3 rings (SSSR count). The highest BCUT2D eigenvalue weighted by atomic mass is 127. The van der Waals surface area contributed by atoms with Gasteiger partial charge in [0, 0.05) is 9.13 Å². The Morgan fingerprint density at radius 3 is 2.62 bits per heavy atom. The van der Waals surface area contributed by atoms with E-state index in [2.05, 4.69) is 45.2 Å². The molecule has 2 amide bonds. The summed E-state index contributed by atoms with van der Waals surface area (Å²) >= 11 is 5.40. The maximum absolute atomic E-state index is 12.8. The molecule has 4 nitrogen and oxygen atoms in total. The molecule has 0 aliphatic carbocycles. The van der Waals surface area contributed by atoms with Gasteiger partial charge in [0.05, 0.1) is 22.1 Å². The number of carbonyl (C=O) groups is 2. The molecule has 134 valence electrons. The molecule has 0 radical (unpaired) electrons. The van der Waals surface area contributed by atoms with Crippen LogP contribution in [0.1, 0.15) is 16.7 Å². The number of thioether (sulfide) groups is 1. The molecule has 1 heterocycles. The lowest BCUT2D eigenvalue weighted by Gasteiger charge is -2.14. The standard InChI is InChI=1S/C19H15I2NO3S/c1-11-5-3-4-6-12(11)10-22-18(23)16(26-19(22)24)8-13-7-14(20)9-15(21)17(13)25-2/h3-9H,10H2,1-2H3/b16-8-. The smallest absolute Gasteiger partial charge is 0.293 e. The summed E-state index contributed by atoms with van der Waals surface area (Å²) in [6.45, 7) is 2.26. The Morgan fingerprint density at radius 1 is 1.19 bits per heavy atom. The number of imide groups is 1. The van der Waals surface area contributed by atoms with Crippen LogP contribution in [0.2, 0.25) is 0 Å². The normalized spacial score (nSPS) is 15.8. The summed E-state index contributed by atoms with van der Waals surface area (Å²) in [5, 5.41) is -0.246. The first-order valence-corrected chi connectivity index (χ1v) is 10.7. The largest absolute Gasteiger partial charge is 0.495 e. The number of methoxy groups -OCH3 is 1. The molecule has 0 bridgehead atoms. The number of hydrogen-bond acceptors (Lipinski definition) is 4. The monoisotopic (exact) mass is 591 g/mol. The SMILES string of the molecule is COc1c(I)cc(I)cc1/C=C1\SC(=O)N(Cc2ccccc2C)C1=O. The van der Waals surface area contributed by atoms with Crippen molar-refractivity contribution in [2.24, 2.45) is 0 Å². The molecule has 1 aliphatic rings. The van der Waals surface area contributed by atoms with Crippen molar-refractivity contribution in [1.29, 1.82) is 0 Å². The van der Waals surface area contributed by atoms with Gasteiger partial charge in [-0.3, -0.25) is 14.5 Å². The van der Waals surface area contributed by atoms with Crippen LogP contribution in [0.15, 0.2) is 41.3 Å². The minimum atomic E-state index is -0.265. The van der Waals surface area contributed by atoms with Crippen molar-refractivity contribution < 1.29 is 14.3 Å². The van der Waals surface area contributed by atoms with Gasteiger partial charge in [0.25, 0.3) is 11.1 Å². The first kappa shape index (κ1) is 19.7. The number of benzene rings is 2. The van der Waals surface area contributed by atoms with Gasteiger partial charge in [-0.2, -0.15) is 0 Å². The molecule has 0 unspecified atom stereocenters. The third-order valence-electron chi connectivity index (χ3n) is 3.99. The molecule has 0 atom stereocenters. The highest BCUT2D eigenvalue weighted by Crippen LogP contribution is 2.36. The molecule has 2 aromatic carbocycles. The summed E-state index contributed by atoms with van der Waals surface area (Å²) in [7, 11) is 1.60. The molecule has 26 heavy (non-hydrogen) atoms. The van der Waals surface area contributed by atoms with Crippen LogP contribution in [0.3, 0.4) is 0 Å². The first-order valence-electron chi connectivity index (χ1n) is 7.73. The van der Waals surface area contributed by atoms with E-state index in [-0.39, 0.29) is 17.7 Å². The number of nitrogens with zero attached hydrogens (tertiary/aromatic N) is 1. The van der Waals surface area contributed by atoms with E-state index in [0.717, 1.165) is 35.6 Å². The molecular formula is C19H15I2NO3S. The average molecular weight is 591 g/mol. The molecule has 1 aliphatic heterocycles. The van der Waals surface area contributed by atoms with E-state index in [1.165, 1.54) is 4.90 Å². The molecule has 0 spiro atoms. The van der Waals surface area contributed by atoms with Gasteiger partial charge in [-0.1, -0.05) is 24.3 Å². The highest BCUT2D eigenvalue weighted by Gasteiger charge is 2.35. The molecule has 1 saturated heterocycles. The Morgan fingerprint density at radius 2 is 1.92 bits per heavy atom. The van der Waals surface area contributed by atoms with Crippen molar-refractivity contribution in [2.45, 2.75) is 13.5 Å². The Labute approximate surface area is 183 Å². The van der Waals surface area contributed by atoms with Crippen molar-refractivity contribution >= 4 is 74.2 Å². The quantitative estimate of drug-likeness (QED) is 0.351. The second-order valence-electron chi connectivity index (χ2n) is 5.70. The van der Waals surface area contributed by atoms with Gasteiger partial charge < -0.3 is 4.74 Å². The van der Waals surface area contributed by atoms with Crippen molar-refractivity contribution in [1.82, 2.24) is 4.90 Å².